The summed E-state index contributed by atoms with van der Waals surface area (Å²) in [7, 11) is 1.69. The first kappa shape index (κ1) is 15.6. The van der Waals surface area contributed by atoms with E-state index in [1.54, 1.807) is 7.11 Å². The summed E-state index contributed by atoms with van der Waals surface area (Å²) in [6.07, 6.45) is 4.82. The fourth-order valence-electron chi connectivity index (χ4n) is 2.20. The van der Waals surface area contributed by atoms with Crippen molar-refractivity contribution in [3.8, 4) is 0 Å². The van der Waals surface area contributed by atoms with E-state index in [0.29, 0.717) is 13.0 Å². The van der Waals surface area contributed by atoms with Crippen molar-refractivity contribution >= 4 is 0 Å². The second-order valence-corrected chi connectivity index (χ2v) is 4.98. The molecule has 0 saturated heterocycles. The summed E-state index contributed by atoms with van der Waals surface area (Å²) < 4.78 is 19.0. The summed E-state index contributed by atoms with van der Waals surface area (Å²) in [5.74, 6) is 0.0438. The predicted molar refractivity (Wildman–Crippen MR) is 68.4 cm³/mol. The Labute approximate surface area is 100 Å². The molecule has 3 atom stereocenters. The smallest absolute Gasteiger partial charge is 0.103 e. The number of methoxy groups -OCH3 is 1. The highest BCUT2D eigenvalue weighted by atomic mass is 19.1. The van der Waals surface area contributed by atoms with Gasteiger partial charge in [0.2, 0.25) is 0 Å². The highest BCUT2D eigenvalue weighted by Crippen LogP contribution is 2.37. The molecule has 0 spiro atoms. The molecule has 0 unspecified atom stereocenters. The van der Waals surface area contributed by atoms with Crippen LogP contribution < -0.4 is 0 Å². The molecule has 0 radical (unpaired) electrons. The topological polar surface area (TPSA) is 9.23 Å². The average Bonchev–Trinajstić information content (AvgIpc) is 2.27. The Morgan fingerprint density at radius 1 is 1.50 bits per heavy atom. The van der Waals surface area contributed by atoms with Gasteiger partial charge < -0.3 is 4.74 Å². The minimum Gasteiger partial charge on any atom is -0.384 e. The van der Waals surface area contributed by atoms with Crippen molar-refractivity contribution in [1.29, 1.82) is 0 Å². The lowest BCUT2D eigenvalue weighted by Gasteiger charge is -2.37. The fraction of sp³-hybridized carbons (Fsp3) is 0.857. The quantitative estimate of drug-likeness (QED) is 0.422. The van der Waals surface area contributed by atoms with Crippen LogP contribution in [0.4, 0.5) is 4.39 Å². The van der Waals surface area contributed by atoms with Crippen LogP contribution in [0.25, 0.3) is 0 Å². The number of allylic oxidation sites excluding steroid dienone is 1. The summed E-state index contributed by atoms with van der Waals surface area (Å²) in [4.78, 5) is 0. The van der Waals surface area contributed by atoms with E-state index in [2.05, 4.69) is 13.5 Å². The van der Waals surface area contributed by atoms with Crippen LogP contribution in [-0.4, -0.2) is 19.9 Å². The van der Waals surface area contributed by atoms with E-state index in [0.717, 1.165) is 19.3 Å². The molecule has 0 N–H and O–H groups in total. The van der Waals surface area contributed by atoms with Crippen LogP contribution in [0.15, 0.2) is 12.7 Å². The maximum absolute atomic E-state index is 13.8. The molecule has 0 saturated carbocycles. The lowest BCUT2D eigenvalue weighted by Crippen LogP contribution is -2.36. The number of rotatable bonds is 9. The van der Waals surface area contributed by atoms with Crippen molar-refractivity contribution in [3.63, 3.8) is 0 Å². The van der Waals surface area contributed by atoms with E-state index in [-0.39, 0.29) is 11.3 Å². The van der Waals surface area contributed by atoms with Crippen LogP contribution >= 0.6 is 0 Å². The van der Waals surface area contributed by atoms with Crippen LogP contribution in [0.2, 0.25) is 0 Å². The Morgan fingerprint density at radius 3 is 2.56 bits per heavy atom. The van der Waals surface area contributed by atoms with E-state index >= 15 is 0 Å². The maximum atomic E-state index is 13.8. The standard InChI is InChI=1S/C14H27FO/c1-6-8-9-10-14(4,11-16-5)12(3)13(15)7-2/h6,12-13H,1,7-11H2,2-5H3/t12-,13-,14-/m0/s1. The third-order valence-electron chi connectivity index (χ3n) is 3.66. The molecular formula is C14H27FO. The van der Waals surface area contributed by atoms with Crippen molar-refractivity contribution < 1.29 is 9.13 Å². The third-order valence-corrected chi connectivity index (χ3v) is 3.66. The molecule has 0 aliphatic heterocycles. The number of hydrogen-bond donors (Lipinski definition) is 0. The Balaban J connectivity index is 4.45. The molecule has 0 aliphatic carbocycles. The fourth-order valence-corrected chi connectivity index (χ4v) is 2.20. The SMILES string of the molecule is C=CCCC[C@@](C)(COC)[C@@H](C)[C@@H](F)CC. The van der Waals surface area contributed by atoms with Gasteiger partial charge in [0, 0.05) is 7.11 Å². The van der Waals surface area contributed by atoms with Crippen molar-refractivity contribution in [2.75, 3.05) is 13.7 Å². The molecule has 96 valence electrons. The van der Waals surface area contributed by atoms with Crippen LogP contribution in [0, 0.1) is 11.3 Å². The molecule has 0 aromatic rings. The van der Waals surface area contributed by atoms with Crippen LogP contribution in [0.5, 0.6) is 0 Å². The first-order valence-electron chi connectivity index (χ1n) is 6.25. The second-order valence-electron chi connectivity index (χ2n) is 4.98. The monoisotopic (exact) mass is 230 g/mol. The van der Waals surface area contributed by atoms with Gasteiger partial charge in [0.05, 0.1) is 6.61 Å². The van der Waals surface area contributed by atoms with E-state index in [9.17, 15) is 4.39 Å². The van der Waals surface area contributed by atoms with Gasteiger partial charge in [0.15, 0.2) is 0 Å². The van der Waals surface area contributed by atoms with Crippen molar-refractivity contribution in [2.24, 2.45) is 11.3 Å². The van der Waals surface area contributed by atoms with E-state index in [1.807, 2.05) is 19.9 Å². The minimum absolute atomic E-state index is 0.0438. The number of hydrogen-bond acceptors (Lipinski definition) is 1. The van der Waals surface area contributed by atoms with Gasteiger partial charge in [-0.15, -0.1) is 6.58 Å². The van der Waals surface area contributed by atoms with Gasteiger partial charge in [-0.05, 0) is 37.0 Å². The summed E-state index contributed by atoms with van der Waals surface area (Å²) in [6, 6.07) is 0. The zero-order valence-electron chi connectivity index (χ0n) is 11.3. The lowest BCUT2D eigenvalue weighted by atomic mass is 9.72. The van der Waals surface area contributed by atoms with E-state index < -0.39 is 6.17 Å². The Kier molecular flexibility index (Phi) is 7.65. The van der Waals surface area contributed by atoms with Crippen molar-refractivity contribution in [2.45, 2.75) is 52.6 Å². The summed E-state index contributed by atoms with van der Waals surface area (Å²) >= 11 is 0. The third kappa shape index (κ3) is 4.65. The molecule has 0 rings (SSSR count). The second kappa shape index (κ2) is 7.83. The van der Waals surface area contributed by atoms with Gasteiger partial charge in [-0.3, -0.25) is 0 Å². The number of alkyl halides is 1. The van der Waals surface area contributed by atoms with Gasteiger partial charge in [-0.2, -0.15) is 0 Å². The average molecular weight is 230 g/mol. The highest BCUT2D eigenvalue weighted by molar-refractivity contribution is 4.85. The molecule has 1 nitrogen and oxygen atoms in total. The van der Waals surface area contributed by atoms with Crippen molar-refractivity contribution in [3.05, 3.63) is 12.7 Å². The van der Waals surface area contributed by atoms with Gasteiger partial charge in [-0.1, -0.05) is 26.8 Å². The molecule has 0 bridgehead atoms. The number of unbranched alkanes of at least 4 members (excludes halogenated alkanes) is 1. The summed E-state index contributed by atoms with van der Waals surface area (Å²) in [5.41, 5.74) is -0.0623. The lowest BCUT2D eigenvalue weighted by molar-refractivity contribution is 0.00839. The van der Waals surface area contributed by atoms with Gasteiger partial charge in [-0.25, -0.2) is 4.39 Å². The zero-order valence-corrected chi connectivity index (χ0v) is 11.3. The summed E-state index contributed by atoms with van der Waals surface area (Å²) in [6.45, 7) is 10.4. The number of halogens is 1. The molecule has 0 heterocycles. The Morgan fingerprint density at radius 2 is 2.12 bits per heavy atom. The number of ether oxygens (including phenoxy) is 1. The predicted octanol–water partition coefficient (Wildman–Crippen LogP) is 4.38. The molecule has 0 aromatic heterocycles. The molecular weight excluding hydrogens is 203 g/mol. The molecule has 0 aromatic carbocycles. The van der Waals surface area contributed by atoms with Crippen molar-refractivity contribution in [1.82, 2.24) is 0 Å². The normalized spacial score (nSPS) is 18.8. The first-order valence-corrected chi connectivity index (χ1v) is 6.25. The highest BCUT2D eigenvalue weighted by Gasteiger charge is 2.35. The first-order chi connectivity index (χ1) is 7.51. The van der Waals surface area contributed by atoms with Crippen LogP contribution in [0.1, 0.15) is 46.5 Å². The van der Waals surface area contributed by atoms with Crippen LogP contribution in [0.3, 0.4) is 0 Å². The van der Waals surface area contributed by atoms with Gasteiger partial charge >= 0.3 is 0 Å². The minimum atomic E-state index is -0.733. The van der Waals surface area contributed by atoms with Gasteiger partial charge in [0.25, 0.3) is 0 Å². The molecule has 0 aliphatic rings. The zero-order chi connectivity index (χ0) is 12.6. The van der Waals surface area contributed by atoms with Gasteiger partial charge in [0.1, 0.15) is 6.17 Å². The van der Waals surface area contributed by atoms with E-state index in [4.69, 9.17) is 4.74 Å². The Hall–Kier alpha value is -0.370. The maximum Gasteiger partial charge on any atom is 0.103 e. The van der Waals surface area contributed by atoms with E-state index in [1.165, 1.54) is 0 Å². The molecule has 2 heteroatoms. The largest absolute Gasteiger partial charge is 0.384 e. The molecule has 0 amide bonds. The van der Waals surface area contributed by atoms with Crippen LogP contribution in [-0.2, 0) is 4.74 Å². The molecule has 16 heavy (non-hydrogen) atoms. The molecule has 0 fully saturated rings. The summed E-state index contributed by atoms with van der Waals surface area (Å²) in [5, 5.41) is 0. The Bertz CT molecular complexity index is 193.